The maximum Gasteiger partial charge on any atom is 1.00 e. The van der Waals surface area contributed by atoms with Gasteiger partial charge in [-0.25, -0.2) is 9.59 Å². The molecular weight excluding hydrogens is 641 g/mol. The van der Waals surface area contributed by atoms with Gasteiger partial charge in [0.2, 0.25) is 18.1 Å². The van der Waals surface area contributed by atoms with Crippen LogP contribution in [0.5, 0.6) is 5.75 Å². The van der Waals surface area contributed by atoms with Crippen molar-refractivity contribution in [3.63, 3.8) is 0 Å². The van der Waals surface area contributed by atoms with Gasteiger partial charge in [0.1, 0.15) is 11.8 Å². The molecular formula is C31H53KN5O10-. The number of nitrogens with two attached hydrogens (primary N) is 1. The number of carbonyl (C=O) groups excluding carboxylic acids is 4. The summed E-state index contributed by atoms with van der Waals surface area (Å²) >= 11 is 0. The molecule has 15 nitrogen and oxygen atoms in total. The summed E-state index contributed by atoms with van der Waals surface area (Å²) in [7, 11) is 1.63. The Morgan fingerprint density at radius 1 is 1.11 bits per heavy atom. The minimum atomic E-state index is -1.28. The maximum atomic E-state index is 13.5. The van der Waals surface area contributed by atoms with Crippen molar-refractivity contribution in [1.29, 1.82) is 0 Å². The van der Waals surface area contributed by atoms with Gasteiger partial charge < -0.3 is 63.6 Å². The summed E-state index contributed by atoms with van der Waals surface area (Å²) in [5.41, 5.74) is 5.68. The van der Waals surface area contributed by atoms with Gasteiger partial charge in [-0.1, -0.05) is 54.1 Å². The van der Waals surface area contributed by atoms with Crippen LogP contribution in [-0.4, -0.2) is 84.7 Å². The Bertz CT molecular complexity index is 1080. The number of primary amides is 1. The second kappa shape index (κ2) is 27.6. The van der Waals surface area contributed by atoms with Crippen molar-refractivity contribution >= 4 is 36.0 Å². The normalized spacial score (nSPS) is 17.6. The van der Waals surface area contributed by atoms with Crippen LogP contribution in [0.4, 0.5) is 10.5 Å². The molecule has 1 fully saturated rings. The summed E-state index contributed by atoms with van der Waals surface area (Å²) < 4.78 is 16.0. The Kier molecular flexibility index (Phi) is 28.8. The van der Waals surface area contributed by atoms with Crippen LogP contribution >= 0.6 is 0 Å². The predicted molar refractivity (Wildman–Crippen MR) is 173 cm³/mol. The molecule has 47 heavy (non-hydrogen) atoms. The number of carboxylic acids is 1. The number of hydrogen-bond donors (Lipinski definition) is 7. The molecule has 4 amide bonds. The van der Waals surface area contributed by atoms with E-state index in [1.165, 1.54) is 18.6 Å². The van der Waals surface area contributed by atoms with Gasteiger partial charge in [0.05, 0.1) is 24.4 Å². The molecule has 1 aliphatic heterocycles. The molecule has 2 rings (SSSR count). The largest absolute Gasteiger partial charge is 1.00 e. The van der Waals surface area contributed by atoms with E-state index in [4.69, 9.17) is 15.2 Å². The Balaban J connectivity index is -0.00000310. The van der Waals surface area contributed by atoms with Crippen LogP contribution in [0.1, 0.15) is 72.8 Å². The van der Waals surface area contributed by atoms with E-state index in [0.29, 0.717) is 12.0 Å². The SMILES string of the molecule is CC.CC.CNC(C(=O)NC(CCCNC(N)=O)C(=O)Nc1cc(CO[C-]=O)ccc1OC1CC(O)CC(C(=O)O)O1)C(C)C.[CH3-].[K+]. The summed E-state index contributed by atoms with van der Waals surface area (Å²) in [4.78, 5) is 59.4. The first kappa shape index (κ1) is 49.1. The average molecular weight is 695 g/mol. The first-order valence-electron chi connectivity index (χ1n) is 15.1. The van der Waals surface area contributed by atoms with E-state index in [1.54, 1.807) is 13.1 Å². The van der Waals surface area contributed by atoms with Crippen molar-refractivity contribution in [3.8, 4) is 5.75 Å². The molecule has 0 saturated carbocycles. The van der Waals surface area contributed by atoms with Crippen molar-refractivity contribution in [1.82, 2.24) is 16.0 Å². The number of anilines is 1. The van der Waals surface area contributed by atoms with E-state index >= 15 is 0 Å². The van der Waals surface area contributed by atoms with E-state index in [2.05, 4.69) is 26.0 Å². The first-order chi connectivity index (χ1) is 21.4. The number of aliphatic hydroxyl groups excluding tert-OH is 1. The summed E-state index contributed by atoms with van der Waals surface area (Å²) in [6.45, 7) is 13.0. The number of benzene rings is 1. The zero-order valence-corrected chi connectivity index (χ0v) is 32.3. The van der Waals surface area contributed by atoms with E-state index in [1.807, 2.05) is 41.5 Å². The number of aliphatic hydroxyl groups is 1. The van der Waals surface area contributed by atoms with Gasteiger partial charge >= 0.3 is 63.4 Å². The monoisotopic (exact) mass is 694 g/mol. The average Bonchev–Trinajstić information content (AvgIpc) is 3.00. The Hall–Kier alpha value is -2.31. The van der Waals surface area contributed by atoms with Gasteiger partial charge in [-0.2, -0.15) is 0 Å². The molecule has 16 heteroatoms. The van der Waals surface area contributed by atoms with Crippen LogP contribution < -0.4 is 83.1 Å². The van der Waals surface area contributed by atoms with Gasteiger partial charge in [-0.3, -0.25) is 9.59 Å². The number of likely N-dealkylation sites (N-methyl/N-ethyl adjacent to an activating group) is 1. The van der Waals surface area contributed by atoms with Crippen LogP contribution in [0.2, 0.25) is 0 Å². The van der Waals surface area contributed by atoms with Crippen LogP contribution in [0.15, 0.2) is 18.2 Å². The molecule has 5 atom stereocenters. The standard InChI is InChI=1S/C26H38N5O10.2C2H6.CH3.K/c1-14(2)22(28-3)24(35)30-17(5-4-8-29-26(27)38)23(34)31-18-9-15(12-39-13-32)6-7-19(18)40-21-11-16(33)10-20(41-21)25(36)37;2*1-2;;/h6-7,9,14,16-17,20-22,28,33H,4-5,8,10-12H2,1-3H3,(H,30,35)(H,31,34)(H,36,37)(H3,27,29,38);2*1-2H3;1H3;/q-1;;;-1;+1. The van der Waals surface area contributed by atoms with Crippen molar-refractivity contribution in [2.45, 2.75) is 104 Å². The molecule has 1 aromatic rings. The van der Waals surface area contributed by atoms with E-state index in [-0.39, 0.29) is 109 Å². The van der Waals surface area contributed by atoms with E-state index in [9.17, 15) is 34.2 Å². The second-order valence-electron chi connectivity index (χ2n) is 9.83. The van der Waals surface area contributed by atoms with Crippen LogP contribution in [-0.2, 0) is 35.3 Å². The molecule has 0 spiro atoms. The molecule has 5 unspecified atom stereocenters. The number of carbonyl (C=O) groups is 4. The van der Waals surface area contributed by atoms with Gasteiger partial charge in [0, 0.05) is 19.4 Å². The minimum absolute atomic E-state index is 0. The van der Waals surface area contributed by atoms with Crippen molar-refractivity contribution in [3.05, 3.63) is 31.2 Å². The number of urea groups is 1. The summed E-state index contributed by atoms with van der Waals surface area (Å²) in [5.74, 6) is -2.28. The number of ether oxygens (including phenoxy) is 3. The molecule has 1 aliphatic rings. The molecule has 264 valence electrons. The summed E-state index contributed by atoms with van der Waals surface area (Å²) in [6.07, 6.45) is -3.08. The molecule has 1 aromatic carbocycles. The van der Waals surface area contributed by atoms with Crippen molar-refractivity contribution < 1.29 is 99.8 Å². The quantitative estimate of drug-likeness (QED) is 0.0645. The van der Waals surface area contributed by atoms with Crippen LogP contribution in [0, 0.1) is 13.3 Å². The van der Waals surface area contributed by atoms with Crippen LogP contribution in [0.3, 0.4) is 0 Å². The molecule has 1 saturated heterocycles. The van der Waals surface area contributed by atoms with Crippen LogP contribution in [0.25, 0.3) is 0 Å². The zero-order valence-electron chi connectivity index (χ0n) is 29.2. The topological polar surface area (TPSA) is 228 Å². The third-order valence-electron chi connectivity index (χ3n) is 6.26. The Morgan fingerprint density at radius 3 is 2.28 bits per heavy atom. The number of aliphatic carboxylic acids is 1. The fourth-order valence-corrected chi connectivity index (χ4v) is 4.25. The third-order valence-corrected chi connectivity index (χ3v) is 6.26. The fraction of sp³-hybridized carbons (Fsp3) is 0.613. The molecule has 0 aromatic heterocycles. The number of rotatable bonds is 16. The number of carboxylic acid groups (broad SMARTS) is 1. The summed E-state index contributed by atoms with van der Waals surface area (Å²) in [6, 6.07) is 2.14. The summed E-state index contributed by atoms with van der Waals surface area (Å²) in [5, 5.41) is 30.2. The fourth-order valence-electron chi connectivity index (χ4n) is 4.25. The molecule has 8 N–H and O–H groups in total. The third kappa shape index (κ3) is 18.7. The molecule has 0 aliphatic carbocycles. The second-order valence-corrected chi connectivity index (χ2v) is 9.83. The van der Waals surface area contributed by atoms with E-state index < -0.39 is 54.4 Å². The number of amides is 4. The first-order valence-corrected chi connectivity index (χ1v) is 15.1. The molecule has 0 bridgehead atoms. The minimum Gasteiger partial charge on any atom is -0.650 e. The van der Waals surface area contributed by atoms with E-state index in [0.717, 1.165) is 0 Å². The maximum absolute atomic E-state index is 13.5. The van der Waals surface area contributed by atoms with Gasteiger partial charge in [0.25, 0.3) is 0 Å². The van der Waals surface area contributed by atoms with Gasteiger partial charge in [-0.05, 0) is 43.5 Å². The van der Waals surface area contributed by atoms with Crippen molar-refractivity contribution in [2.75, 3.05) is 18.9 Å². The Morgan fingerprint density at radius 2 is 1.74 bits per heavy atom. The smallest absolute Gasteiger partial charge is 0.650 e. The Labute approximate surface area is 321 Å². The van der Waals surface area contributed by atoms with Gasteiger partial charge in [0.15, 0.2) is 6.10 Å². The molecule has 1 heterocycles. The number of hydrogen-bond acceptors (Lipinski definition) is 10. The van der Waals surface area contributed by atoms with Crippen molar-refractivity contribution in [2.24, 2.45) is 11.7 Å². The predicted octanol–water partition coefficient (Wildman–Crippen LogP) is -0.778. The van der Waals surface area contributed by atoms with Gasteiger partial charge in [-0.15, -0.1) is 0 Å². The number of nitrogens with one attached hydrogen (secondary N) is 4. The molecule has 0 radical (unpaired) electrons. The zero-order chi connectivity index (χ0) is 34.5.